The van der Waals surface area contributed by atoms with Crippen LogP contribution in [-0.4, -0.2) is 28.4 Å². The second-order valence-electron chi connectivity index (χ2n) is 6.33. The molecule has 2 amide bonds. The molecule has 6 nitrogen and oxygen atoms in total. The van der Waals surface area contributed by atoms with Gasteiger partial charge in [0.05, 0.1) is 20.7 Å². The van der Waals surface area contributed by atoms with E-state index >= 15 is 0 Å². The molecule has 0 unspecified atom stereocenters. The first-order chi connectivity index (χ1) is 12.6. The number of amides is 2. The highest BCUT2D eigenvalue weighted by molar-refractivity contribution is 6.14. The van der Waals surface area contributed by atoms with Crippen molar-refractivity contribution in [3.8, 4) is 5.75 Å². The number of nitrogens with zero attached hydrogens (tertiary/aromatic N) is 3. The van der Waals surface area contributed by atoms with Crippen molar-refractivity contribution in [1.29, 1.82) is 0 Å². The number of aryl methyl sites for hydroxylation is 2. The number of hydrogen-bond acceptors (Lipinski definition) is 3. The zero-order chi connectivity index (χ0) is 18.4. The van der Waals surface area contributed by atoms with E-state index in [9.17, 15) is 9.59 Å². The summed E-state index contributed by atoms with van der Waals surface area (Å²) in [5.74, 6) is 0.608. The summed E-state index contributed by atoms with van der Waals surface area (Å²) in [5, 5.41) is 0. The minimum atomic E-state index is -0.322. The normalized spacial score (nSPS) is 16.0. The Labute approximate surface area is 151 Å². The minimum absolute atomic E-state index is 0.264. The maximum atomic E-state index is 13.3. The van der Waals surface area contributed by atoms with Gasteiger partial charge in [-0.1, -0.05) is 12.2 Å². The van der Waals surface area contributed by atoms with Gasteiger partial charge in [0.2, 0.25) is 0 Å². The van der Waals surface area contributed by atoms with Crippen LogP contribution in [0.2, 0.25) is 0 Å². The average Bonchev–Trinajstić information content (AvgIpc) is 3.15. The van der Waals surface area contributed by atoms with E-state index in [2.05, 4.69) is 0 Å². The molecule has 2 heterocycles. The van der Waals surface area contributed by atoms with Gasteiger partial charge < -0.3 is 4.74 Å². The molecule has 1 aromatic heterocycles. The average molecular weight is 350 g/mol. The third-order valence-electron chi connectivity index (χ3n) is 4.95. The van der Waals surface area contributed by atoms with Crippen molar-refractivity contribution in [2.45, 2.75) is 19.9 Å². The smallest absolute Gasteiger partial charge is 0.349 e. The third kappa shape index (κ3) is 2.22. The van der Waals surface area contributed by atoms with Crippen molar-refractivity contribution in [3.63, 3.8) is 0 Å². The summed E-state index contributed by atoms with van der Waals surface area (Å²) >= 11 is 0. The van der Waals surface area contributed by atoms with Crippen molar-refractivity contribution < 1.29 is 18.9 Å². The Balaban J connectivity index is 1.84. The van der Waals surface area contributed by atoms with E-state index < -0.39 is 0 Å². The molecule has 132 valence electrons. The Morgan fingerprint density at radius 1 is 1.35 bits per heavy atom. The zero-order valence-corrected chi connectivity index (χ0v) is 15.0. The van der Waals surface area contributed by atoms with E-state index in [1.54, 1.807) is 19.4 Å². The fourth-order valence-electron chi connectivity index (χ4n) is 3.63. The number of carbonyl (C=O) groups excluding carboxylic acids is 2. The van der Waals surface area contributed by atoms with E-state index in [1.807, 2.05) is 53.5 Å². The molecule has 0 fully saturated rings. The first-order valence-corrected chi connectivity index (χ1v) is 8.58. The fraction of sp³-hybridized carbons (Fsp3) is 0.250. The second kappa shape index (κ2) is 5.98. The summed E-state index contributed by atoms with van der Waals surface area (Å²) in [5.41, 5.74) is 3.29. The van der Waals surface area contributed by atoms with Gasteiger partial charge in [-0.05, 0) is 37.1 Å². The number of benzene rings is 1. The van der Waals surface area contributed by atoms with Crippen LogP contribution in [0.15, 0.2) is 53.8 Å². The van der Waals surface area contributed by atoms with Crippen molar-refractivity contribution >= 4 is 22.8 Å². The molecule has 1 aromatic carbocycles. The first-order valence-electron chi connectivity index (χ1n) is 8.58. The van der Waals surface area contributed by atoms with Gasteiger partial charge in [0, 0.05) is 17.8 Å². The largest absolute Gasteiger partial charge is 0.497 e. The highest BCUT2D eigenvalue weighted by atomic mass is 16.5. The Morgan fingerprint density at radius 3 is 2.85 bits per heavy atom. The maximum Gasteiger partial charge on any atom is 0.349 e. The molecule has 2 aromatic rings. The summed E-state index contributed by atoms with van der Waals surface area (Å²) in [7, 11) is 3.46. The van der Waals surface area contributed by atoms with Crippen LogP contribution in [0.4, 0.5) is 0 Å². The number of fused-ring (bicyclic) bond motifs is 2. The van der Waals surface area contributed by atoms with Gasteiger partial charge in [0.25, 0.3) is 5.91 Å². The maximum absolute atomic E-state index is 13.3. The van der Waals surface area contributed by atoms with Gasteiger partial charge in [-0.2, -0.15) is 0 Å². The predicted octanol–water partition coefficient (Wildman–Crippen LogP) is 2.25. The predicted molar refractivity (Wildman–Crippen MR) is 96.4 cm³/mol. The fourth-order valence-corrected chi connectivity index (χ4v) is 3.63. The Bertz CT molecular complexity index is 1040. The van der Waals surface area contributed by atoms with Crippen molar-refractivity contribution in [2.75, 3.05) is 7.11 Å². The molecule has 1 aliphatic heterocycles. The van der Waals surface area contributed by atoms with Gasteiger partial charge in [-0.3, -0.25) is 9.59 Å². The van der Waals surface area contributed by atoms with Crippen molar-refractivity contribution in [2.24, 2.45) is 7.05 Å². The highest BCUT2D eigenvalue weighted by Gasteiger charge is 2.39. The van der Waals surface area contributed by atoms with Crippen molar-refractivity contribution in [1.82, 2.24) is 9.47 Å². The van der Waals surface area contributed by atoms with E-state index in [1.165, 1.54) is 4.90 Å². The molecule has 0 spiro atoms. The quantitative estimate of drug-likeness (QED) is 0.630. The standard InChI is InChI=1S/C20H20N3O3/c1-4-22-17-11-14(26-3)9-10-16(17)21(2)18(22)20(25)23-12-13-7-5-6-8-15(13)19(23)24/h5-6,8-12H,4,7H2,1-3H3/q+1. The molecule has 26 heavy (non-hydrogen) atoms. The van der Waals surface area contributed by atoms with E-state index in [0.717, 1.165) is 22.4 Å². The molecule has 1 aliphatic carbocycles. The summed E-state index contributed by atoms with van der Waals surface area (Å²) in [6, 6.07) is 5.70. The van der Waals surface area contributed by atoms with Crippen LogP contribution in [-0.2, 0) is 18.4 Å². The van der Waals surface area contributed by atoms with Crippen LogP contribution >= 0.6 is 0 Å². The number of rotatable bonds is 3. The number of allylic oxidation sites excluding steroid dienone is 3. The minimum Gasteiger partial charge on any atom is -0.497 e. The van der Waals surface area contributed by atoms with Gasteiger partial charge in [0.15, 0.2) is 11.0 Å². The molecular weight excluding hydrogens is 330 g/mol. The number of imidazole rings is 1. The van der Waals surface area contributed by atoms with Gasteiger partial charge in [-0.15, -0.1) is 0 Å². The molecule has 0 atom stereocenters. The monoisotopic (exact) mass is 350 g/mol. The summed E-state index contributed by atoms with van der Waals surface area (Å²) in [4.78, 5) is 27.2. The molecule has 4 rings (SSSR count). The number of ether oxygens (including phenoxy) is 1. The van der Waals surface area contributed by atoms with E-state index in [-0.39, 0.29) is 11.8 Å². The topological polar surface area (TPSA) is 55.4 Å². The summed E-state index contributed by atoms with van der Waals surface area (Å²) in [6.07, 6.45) is 7.94. The lowest BCUT2D eigenvalue weighted by atomic mass is 10.0. The van der Waals surface area contributed by atoms with Gasteiger partial charge >= 0.3 is 11.7 Å². The lowest BCUT2D eigenvalue weighted by molar-refractivity contribution is -0.648. The van der Waals surface area contributed by atoms with Gasteiger partial charge in [-0.25, -0.2) is 14.0 Å². The molecule has 2 aliphatic rings. The van der Waals surface area contributed by atoms with Gasteiger partial charge in [0.1, 0.15) is 5.75 Å². The molecule has 0 saturated carbocycles. The number of aromatic nitrogens is 2. The molecule has 6 heteroatoms. The Morgan fingerprint density at radius 2 is 2.15 bits per heavy atom. The second-order valence-corrected chi connectivity index (χ2v) is 6.33. The van der Waals surface area contributed by atoms with E-state index in [0.29, 0.717) is 24.4 Å². The third-order valence-corrected chi connectivity index (χ3v) is 4.95. The zero-order valence-electron chi connectivity index (χ0n) is 15.0. The van der Waals surface area contributed by atoms with Crippen LogP contribution < -0.4 is 9.30 Å². The SMILES string of the molecule is CCn1c(C(=O)N2C=C3CC=CC=C3C2=O)[n+](C)c2ccc(OC)cc21. The first kappa shape index (κ1) is 16.3. The number of hydrogen-bond donors (Lipinski definition) is 0. The Kier molecular flexibility index (Phi) is 3.76. The molecule has 0 radical (unpaired) electrons. The molecule has 0 N–H and O–H groups in total. The lowest BCUT2D eigenvalue weighted by Crippen LogP contribution is -2.42. The molecule has 0 bridgehead atoms. The molecule has 0 saturated heterocycles. The van der Waals surface area contributed by atoms with Crippen LogP contribution in [0.1, 0.15) is 24.0 Å². The van der Waals surface area contributed by atoms with Crippen LogP contribution in [0.3, 0.4) is 0 Å². The number of carbonyl (C=O) groups is 2. The Hall–Kier alpha value is -3.15. The van der Waals surface area contributed by atoms with Crippen LogP contribution in [0.5, 0.6) is 5.75 Å². The summed E-state index contributed by atoms with van der Waals surface area (Å²) < 4.78 is 9.07. The number of imide groups is 1. The highest BCUT2D eigenvalue weighted by Crippen LogP contribution is 2.30. The van der Waals surface area contributed by atoms with Crippen LogP contribution in [0, 0.1) is 0 Å². The van der Waals surface area contributed by atoms with Crippen molar-refractivity contribution in [3.05, 3.63) is 59.6 Å². The van der Waals surface area contributed by atoms with Crippen LogP contribution in [0.25, 0.3) is 11.0 Å². The summed E-state index contributed by atoms with van der Waals surface area (Å²) in [6.45, 7) is 2.58. The van der Waals surface area contributed by atoms with E-state index in [4.69, 9.17) is 4.74 Å². The molecular formula is C20H20N3O3+. The lowest BCUT2D eigenvalue weighted by Gasteiger charge is -2.10. The number of methoxy groups -OCH3 is 1.